The Morgan fingerprint density at radius 3 is 2.57 bits per heavy atom. The van der Waals surface area contributed by atoms with Gasteiger partial charge in [0.25, 0.3) is 0 Å². The third kappa shape index (κ3) is 5.07. The fourth-order valence-electron chi connectivity index (χ4n) is 5.29. The van der Waals surface area contributed by atoms with Gasteiger partial charge in [0.05, 0.1) is 24.7 Å². The first-order valence-electron chi connectivity index (χ1n) is 12.8. The van der Waals surface area contributed by atoms with E-state index in [2.05, 4.69) is 36.8 Å². The largest absolute Gasteiger partial charge is 0.464 e. The molecule has 1 unspecified atom stereocenters. The van der Waals surface area contributed by atoms with Gasteiger partial charge in [-0.2, -0.15) is 5.10 Å². The van der Waals surface area contributed by atoms with E-state index in [9.17, 15) is 9.18 Å². The Bertz CT molecular complexity index is 1280. The molecule has 1 aromatic carbocycles. The molecule has 1 amide bonds. The summed E-state index contributed by atoms with van der Waals surface area (Å²) in [5, 5.41) is 4.33. The molecule has 5 rings (SSSR count). The number of benzene rings is 1. The lowest BCUT2D eigenvalue weighted by atomic mass is 9.95. The van der Waals surface area contributed by atoms with Gasteiger partial charge in [0.2, 0.25) is 5.91 Å². The molecule has 1 atom stereocenters. The molecular formula is C26H33FN8O2. The van der Waals surface area contributed by atoms with Crippen LogP contribution >= 0.6 is 0 Å². The first kappa shape index (κ1) is 24.9. The van der Waals surface area contributed by atoms with Crippen LogP contribution in [-0.2, 0) is 24.3 Å². The molecule has 2 aliphatic rings. The van der Waals surface area contributed by atoms with E-state index in [1.807, 2.05) is 31.7 Å². The Morgan fingerprint density at radius 1 is 1.11 bits per heavy atom. The van der Waals surface area contributed by atoms with Crippen molar-refractivity contribution >= 4 is 17.3 Å². The molecule has 0 bridgehead atoms. The molecule has 0 spiro atoms. The maximum absolute atomic E-state index is 14.8. The molecule has 3 aromatic rings. The Hall–Kier alpha value is -3.76. The molecule has 0 saturated carbocycles. The lowest BCUT2D eigenvalue weighted by molar-refractivity contribution is -0.134. The summed E-state index contributed by atoms with van der Waals surface area (Å²) in [6.45, 7) is 11.5. The highest BCUT2D eigenvalue weighted by Gasteiger charge is 2.31. The molecular weight excluding hydrogens is 475 g/mol. The lowest BCUT2D eigenvalue weighted by Gasteiger charge is -2.43. The second-order valence-electron chi connectivity index (χ2n) is 9.60. The van der Waals surface area contributed by atoms with Crippen molar-refractivity contribution in [3.05, 3.63) is 53.1 Å². The molecule has 0 N–H and O–H groups in total. The average molecular weight is 509 g/mol. The predicted octanol–water partition coefficient (Wildman–Crippen LogP) is 2.52. The van der Waals surface area contributed by atoms with Crippen LogP contribution in [0.4, 0.5) is 15.8 Å². The van der Waals surface area contributed by atoms with E-state index in [1.54, 1.807) is 23.1 Å². The van der Waals surface area contributed by atoms with Gasteiger partial charge in [-0.1, -0.05) is 0 Å². The summed E-state index contributed by atoms with van der Waals surface area (Å²) < 4.78 is 21.8. The summed E-state index contributed by atoms with van der Waals surface area (Å²) >= 11 is 0. The van der Waals surface area contributed by atoms with Crippen LogP contribution in [0.2, 0.25) is 0 Å². The van der Waals surface area contributed by atoms with Gasteiger partial charge in [-0.25, -0.2) is 24.0 Å². The van der Waals surface area contributed by atoms with Crippen LogP contribution in [0.25, 0.3) is 0 Å². The smallest absolute Gasteiger partial charge is 0.316 e. The van der Waals surface area contributed by atoms with Crippen LogP contribution < -0.4 is 14.5 Å². The Balaban J connectivity index is 1.31. The van der Waals surface area contributed by atoms with Gasteiger partial charge in [-0.05, 0) is 51.8 Å². The van der Waals surface area contributed by atoms with Crippen molar-refractivity contribution in [1.82, 2.24) is 29.6 Å². The number of aryl methyl sites for hydroxylation is 2. The number of rotatable bonds is 6. The molecule has 0 aliphatic carbocycles. The van der Waals surface area contributed by atoms with Crippen molar-refractivity contribution in [2.45, 2.75) is 53.2 Å². The zero-order valence-electron chi connectivity index (χ0n) is 21.8. The highest BCUT2D eigenvalue weighted by molar-refractivity contribution is 5.77. The van der Waals surface area contributed by atoms with Gasteiger partial charge in [-0.15, -0.1) is 0 Å². The van der Waals surface area contributed by atoms with Gasteiger partial charge in [0.1, 0.15) is 24.0 Å². The third-order valence-corrected chi connectivity index (χ3v) is 7.12. The number of amides is 1. The van der Waals surface area contributed by atoms with Crippen molar-refractivity contribution in [2.24, 2.45) is 0 Å². The van der Waals surface area contributed by atoms with Gasteiger partial charge >= 0.3 is 6.01 Å². The molecule has 0 radical (unpaired) electrons. The van der Waals surface area contributed by atoms with Gasteiger partial charge in [0, 0.05) is 50.0 Å². The maximum Gasteiger partial charge on any atom is 0.316 e. The number of nitrogens with zero attached hydrogens (tertiary/aromatic N) is 8. The molecule has 10 nitrogen and oxygen atoms in total. The predicted molar refractivity (Wildman–Crippen MR) is 137 cm³/mol. The van der Waals surface area contributed by atoms with Crippen LogP contribution in [0.15, 0.2) is 24.5 Å². The Kier molecular flexibility index (Phi) is 6.94. The van der Waals surface area contributed by atoms with E-state index in [-0.39, 0.29) is 24.3 Å². The number of hydrogen-bond donors (Lipinski definition) is 0. The number of hydrogen-bond acceptors (Lipinski definition) is 8. The summed E-state index contributed by atoms with van der Waals surface area (Å²) in [7, 11) is 0. The van der Waals surface area contributed by atoms with Crippen LogP contribution in [0.1, 0.15) is 36.6 Å². The molecule has 4 heterocycles. The first-order valence-corrected chi connectivity index (χ1v) is 12.8. The van der Waals surface area contributed by atoms with Gasteiger partial charge in [0.15, 0.2) is 0 Å². The minimum atomic E-state index is -0.165. The third-order valence-electron chi connectivity index (χ3n) is 7.12. The number of aromatic nitrogens is 5. The molecule has 37 heavy (non-hydrogen) atoms. The Morgan fingerprint density at radius 2 is 1.89 bits per heavy atom. The highest BCUT2D eigenvalue weighted by Crippen LogP contribution is 2.34. The lowest BCUT2D eigenvalue weighted by Crippen LogP contribution is -2.55. The van der Waals surface area contributed by atoms with E-state index in [0.717, 1.165) is 28.3 Å². The van der Waals surface area contributed by atoms with Crippen LogP contribution in [0.3, 0.4) is 0 Å². The molecule has 2 aliphatic heterocycles. The Labute approximate surface area is 216 Å². The topological polar surface area (TPSA) is 92.5 Å². The molecule has 1 saturated heterocycles. The van der Waals surface area contributed by atoms with Crippen LogP contribution in [0, 0.1) is 19.7 Å². The molecule has 196 valence electrons. The van der Waals surface area contributed by atoms with E-state index in [0.29, 0.717) is 57.6 Å². The summed E-state index contributed by atoms with van der Waals surface area (Å²) in [6, 6.07) is 3.80. The zero-order valence-corrected chi connectivity index (χ0v) is 21.8. The number of piperazine rings is 1. The number of fused-ring (bicyclic) bond motifs is 1. The SMILES string of the molecule is CCOc1ncc(N2CCc3c(F)ccc(N4CCN(C(=O)Cn5nc(C)nc5C)C(C)C4)c3C2)cn1. The second kappa shape index (κ2) is 10.3. The number of anilines is 2. The van der Waals surface area contributed by atoms with E-state index < -0.39 is 0 Å². The number of halogens is 1. The van der Waals surface area contributed by atoms with Gasteiger partial charge < -0.3 is 19.4 Å². The number of carbonyl (C=O) groups is 1. The number of carbonyl (C=O) groups excluding carboxylic acids is 1. The van der Waals surface area contributed by atoms with Crippen molar-refractivity contribution in [2.75, 3.05) is 42.6 Å². The van der Waals surface area contributed by atoms with Crippen LogP contribution in [-0.4, -0.2) is 74.4 Å². The highest BCUT2D eigenvalue weighted by atomic mass is 19.1. The van der Waals surface area contributed by atoms with Crippen LogP contribution in [0.5, 0.6) is 6.01 Å². The molecule has 11 heteroatoms. The molecule has 1 fully saturated rings. The van der Waals surface area contributed by atoms with Crippen molar-refractivity contribution < 1.29 is 13.9 Å². The second-order valence-corrected chi connectivity index (χ2v) is 9.60. The average Bonchev–Trinajstić information content (AvgIpc) is 3.20. The number of ether oxygens (including phenoxy) is 1. The minimum Gasteiger partial charge on any atom is -0.464 e. The van der Waals surface area contributed by atoms with Crippen molar-refractivity contribution in [3.63, 3.8) is 0 Å². The monoisotopic (exact) mass is 508 g/mol. The molecule has 2 aromatic heterocycles. The van der Waals surface area contributed by atoms with Crippen molar-refractivity contribution in [1.29, 1.82) is 0 Å². The summed E-state index contributed by atoms with van der Waals surface area (Å²) in [5.41, 5.74) is 3.66. The zero-order chi connectivity index (χ0) is 26.1. The normalized spacial score (nSPS) is 17.6. The van der Waals surface area contributed by atoms with Crippen molar-refractivity contribution in [3.8, 4) is 6.01 Å². The summed E-state index contributed by atoms with van der Waals surface area (Å²) in [4.78, 5) is 32.3. The van der Waals surface area contributed by atoms with E-state index in [1.165, 1.54) is 0 Å². The van der Waals surface area contributed by atoms with E-state index in [4.69, 9.17) is 4.74 Å². The fraction of sp³-hybridized carbons (Fsp3) is 0.500. The standard InChI is InChI=1S/C26H33FN8O2/c1-5-37-26-28-12-20(13-29-26)32-9-8-21-22(15-32)24(7-6-23(21)27)33-10-11-34(17(2)14-33)25(36)16-35-19(4)30-18(3)31-35/h6-7,12-13,17H,5,8-11,14-16H2,1-4H3. The van der Waals surface area contributed by atoms with E-state index >= 15 is 0 Å². The fourth-order valence-corrected chi connectivity index (χ4v) is 5.29. The first-order chi connectivity index (χ1) is 17.8. The maximum atomic E-state index is 14.8. The summed E-state index contributed by atoms with van der Waals surface area (Å²) in [6.07, 6.45) is 4.12. The summed E-state index contributed by atoms with van der Waals surface area (Å²) in [5.74, 6) is 1.26. The minimum absolute atomic E-state index is 0.00563. The quantitative estimate of drug-likeness (QED) is 0.502. The van der Waals surface area contributed by atoms with Gasteiger partial charge in [-0.3, -0.25) is 4.79 Å².